The molecule has 16 heavy (non-hydrogen) atoms. The van der Waals surface area contributed by atoms with E-state index in [0.29, 0.717) is 5.02 Å². The van der Waals surface area contributed by atoms with Crippen LogP contribution in [-0.4, -0.2) is 7.11 Å². The van der Waals surface area contributed by atoms with Crippen LogP contribution in [0.2, 0.25) is 5.02 Å². The fourth-order valence-corrected chi connectivity index (χ4v) is 2.75. The Kier molecular flexibility index (Phi) is 3.74. The van der Waals surface area contributed by atoms with Crippen LogP contribution < -0.4 is 4.74 Å². The van der Waals surface area contributed by atoms with E-state index >= 15 is 0 Å². The minimum Gasteiger partial charge on any atom is -0.496 e. The van der Waals surface area contributed by atoms with Crippen LogP contribution >= 0.6 is 34.5 Å². The molecule has 0 aliphatic carbocycles. The van der Waals surface area contributed by atoms with Gasteiger partial charge in [-0.1, -0.05) is 11.6 Å². The molecular weight excluding hydrogens is 263 g/mol. The lowest BCUT2D eigenvalue weighted by Crippen LogP contribution is -1.96. The fourth-order valence-electron chi connectivity index (χ4n) is 1.50. The van der Waals surface area contributed by atoms with Gasteiger partial charge in [0.05, 0.1) is 12.5 Å². The molecule has 0 saturated carbocycles. The summed E-state index contributed by atoms with van der Waals surface area (Å²) in [7, 11) is 1.63. The molecule has 2 rings (SSSR count). The van der Waals surface area contributed by atoms with Crippen LogP contribution in [0.25, 0.3) is 0 Å². The molecule has 1 nitrogen and oxygen atoms in total. The average molecular weight is 273 g/mol. The van der Waals surface area contributed by atoms with E-state index < -0.39 is 0 Å². The highest BCUT2D eigenvalue weighted by Crippen LogP contribution is 2.37. The zero-order valence-electron chi connectivity index (χ0n) is 8.61. The molecule has 0 spiro atoms. The lowest BCUT2D eigenvalue weighted by Gasteiger charge is -2.13. The molecule has 0 bridgehead atoms. The first-order chi connectivity index (χ1) is 7.72. The van der Waals surface area contributed by atoms with Gasteiger partial charge in [-0.2, -0.15) is 11.3 Å². The summed E-state index contributed by atoms with van der Waals surface area (Å²) in [5, 5.41) is 4.47. The van der Waals surface area contributed by atoms with Crippen molar-refractivity contribution in [3.63, 3.8) is 0 Å². The molecule has 84 valence electrons. The third kappa shape index (κ3) is 2.34. The Hall–Kier alpha value is -0.700. The van der Waals surface area contributed by atoms with E-state index in [1.807, 2.05) is 29.0 Å². The van der Waals surface area contributed by atoms with Crippen LogP contribution in [0.1, 0.15) is 16.5 Å². The standard InChI is InChI=1S/C12H10Cl2OS/c1-15-11-3-2-9(13)6-10(11)12(14)8-4-5-16-7-8/h2-7,12H,1H3. The Morgan fingerprint density at radius 1 is 1.31 bits per heavy atom. The molecular formula is C12H10Cl2OS. The van der Waals surface area contributed by atoms with E-state index in [2.05, 4.69) is 0 Å². The number of rotatable bonds is 3. The van der Waals surface area contributed by atoms with Crippen molar-refractivity contribution < 1.29 is 4.74 Å². The smallest absolute Gasteiger partial charge is 0.123 e. The van der Waals surface area contributed by atoms with Gasteiger partial charge in [0.2, 0.25) is 0 Å². The number of methoxy groups -OCH3 is 1. The van der Waals surface area contributed by atoms with E-state index in [1.54, 1.807) is 24.5 Å². The van der Waals surface area contributed by atoms with Crippen molar-refractivity contribution in [3.8, 4) is 5.75 Å². The van der Waals surface area contributed by atoms with Gasteiger partial charge in [0, 0.05) is 10.6 Å². The van der Waals surface area contributed by atoms with Gasteiger partial charge >= 0.3 is 0 Å². The van der Waals surface area contributed by atoms with Gasteiger partial charge in [0.25, 0.3) is 0 Å². The summed E-state index contributed by atoms with van der Waals surface area (Å²) in [5.41, 5.74) is 1.96. The first kappa shape index (κ1) is 11.8. The van der Waals surface area contributed by atoms with Gasteiger partial charge in [0.15, 0.2) is 0 Å². The Labute approximate surface area is 109 Å². The van der Waals surface area contributed by atoms with Crippen LogP contribution in [0.15, 0.2) is 35.0 Å². The molecule has 1 atom stereocenters. The van der Waals surface area contributed by atoms with Crippen molar-refractivity contribution in [3.05, 3.63) is 51.2 Å². The van der Waals surface area contributed by atoms with Crippen LogP contribution in [0.4, 0.5) is 0 Å². The number of hydrogen-bond acceptors (Lipinski definition) is 2. The van der Waals surface area contributed by atoms with E-state index in [0.717, 1.165) is 16.9 Å². The summed E-state index contributed by atoms with van der Waals surface area (Å²) in [5.74, 6) is 0.760. The van der Waals surface area contributed by atoms with Crippen molar-refractivity contribution in [1.82, 2.24) is 0 Å². The second kappa shape index (κ2) is 5.09. The van der Waals surface area contributed by atoms with Crippen molar-refractivity contribution in [1.29, 1.82) is 0 Å². The van der Waals surface area contributed by atoms with Gasteiger partial charge in [-0.15, -0.1) is 11.6 Å². The van der Waals surface area contributed by atoms with Gasteiger partial charge < -0.3 is 4.74 Å². The predicted molar refractivity (Wildman–Crippen MR) is 70.0 cm³/mol. The Morgan fingerprint density at radius 2 is 2.12 bits per heavy atom. The zero-order valence-corrected chi connectivity index (χ0v) is 10.9. The van der Waals surface area contributed by atoms with Crippen molar-refractivity contribution in [2.24, 2.45) is 0 Å². The monoisotopic (exact) mass is 272 g/mol. The summed E-state index contributed by atoms with van der Waals surface area (Å²) in [4.78, 5) is 0. The number of thiophene rings is 1. The molecule has 0 radical (unpaired) electrons. The van der Waals surface area contributed by atoms with Crippen LogP contribution in [0.5, 0.6) is 5.75 Å². The molecule has 2 aromatic rings. The number of halogens is 2. The van der Waals surface area contributed by atoms with Crippen LogP contribution in [0, 0.1) is 0 Å². The molecule has 0 amide bonds. The van der Waals surface area contributed by atoms with Gasteiger partial charge in [0.1, 0.15) is 5.75 Å². The van der Waals surface area contributed by atoms with Crippen LogP contribution in [-0.2, 0) is 0 Å². The van der Waals surface area contributed by atoms with Crippen LogP contribution in [0.3, 0.4) is 0 Å². The molecule has 1 heterocycles. The molecule has 0 aliphatic rings. The number of ether oxygens (including phenoxy) is 1. The molecule has 0 fully saturated rings. The first-order valence-corrected chi connectivity index (χ1v) is 6.47. The molecule has 0 N–H and O–H groups in total. The summed E-state index contributed by atoms with van der Waals surface area (Å²) < 4.78 is 5.28. The summed E-state index contributed by atoms with van der Waals surface area (Å²) in [6.07, 6.45) is 0. The highest BCUT2D eigenvalue weighted by Gasteiger charge is 2.16. The van der Waals surface area contributed by atoms with Crippen molar-refractivity contribution >= 4 is 34.5 Å². The fraction of sp³-hybridized carbons (Fsp3) is 0.167. The zero-order chi connectivity index (χ0) is 11.5. The maximum Gasteiger partial charge on any atom is 0.123 e. The number of alkyl halides is 1. The highest BCUT2D eigenvalue weighted by atomic mass is 35.5. The summed E-state index contributed by atoms with van der Waals surface area (Å²) in [6, 6.07) is 7.47. The molecule has 1 aromatic carbocycles. The van der Waals surface area contributed by atoms with E-state index in [-0.39, 0.29) is 5.38 Å². The van der Waals surface area contributed by atoms with E-state index in [1.165, 1.54) is 0 Å². The predicted octanol–water partition coefficient (Wildman–Crippen LogP) is 4.74. The topological polar surface area (TPSA) is 9.23 Å². The number of benzene rings is 1. The molecule has 1 unspecified atom stereocenters. The van der Waals surface area contributed by atoms with Crippen molar-refractivity contribution in [2.75, 3.05) is 7.11 Å². The minimum absolute atomic E-state index is 0.222. The summed E-state index contributed by atoms with van der Waals surface area (Å²) >= 11 is 14.0. The highest BCUT2D eigenvalue weighted by molar-refractivity contribution is 7.08. The number of hydrogen-bond donors (Lipinski definition) is 0. The second-order valence-corrected chi connectivity index (χ2v) is 4.96. The van der Waals surface area contributed by atoms with Gasteiger partial charge in [-0.3, -0.25) is 0 Å². The molecule has 0 saturated heterocycles. The minimum atomic E-state index is -0.222. The van der Waals surface area contributed by atoms with Crippen molar-refractivity contribution in [2.45, 2.75) is 5.38 Å². The van der Waals surface area contributed by atoms with E-state index in [9.17, 15) is 0 Å². The average Bonchev–Trinajstić information content (AvgIpc) is 2.81. The quantitative estimate of drug-likeness (QED) is 0.734. The van der Waals surface area contributed by atoms with E-state index in [4.69, 9.17) is 27.9 Å². The first-order valence-electron chi connectivity index (χ1n) is 4.72. The largest absolute Gasteiger partial charge is 0.496 e. The molecule has 0 aliphatic heterocycles. The Morgan fingerprint density at radius 3 is 2.75 bits per heavy atom. The lowest BCUT2D eigenvalue weighted by atomic mass is 10.1. The normalized spacial score (nSPS) is 12.4. The maximum absolute atomic E-state index is 6.40. The third-order valence-electron chi connectivity index (χ3n) is 2.30. The van der Waals surface area contributed by atoms with Gasteiger partial charge in [-0.05, 0) is 40.6 Å². The maximum atomic E-state index is 6.40. The van der Waals surface area contributed by atoms with Gasteiger partial charge in [-0.25, -0.2) is 0 Å². The Bertz CT molecular complexity index is 468. The Balaban J connectivity index is 2.42. The lowest BCUT2D eigenvalue weighted by molar-refractivity contribution is 0.410. The second-order valence-electron chi connectivity index (χ2n) is 3.31. The summed E-state index contributed by atoms with van der Waals surface area (Å²) in [6.45, 7) is 0. The SMILES string of the molecule is COc1ccc(Cl)cc1C(Cl)c1ccsc1. The molecule has 4 heteroatoms. The third-order valence-corrected chi connectivity index (χ3v) is 3.72. The molecule has 1 aromatic heterocycles.